The average molecular weight is 664 g/mol. The van der Waals surface area contributed by atoms with Crippen LogP contribution in [0.2, 0.25) is 18.1 Å². The van der Waals surface area contributed by atoms with E-state index in [1.54, 1.807) is 6.07 Å². The van der Waals surface area contributed by atoms with Gasteiger partial charge in [-0.3, -0.25) is 0 Å². The molecule has 0 saturated heterocycles. The van der Waals surface area contributed by atoms with Gasteiger partial charge < -0.3 is 57.5 Å². The quantitative estimate of drug-likeness (QED) is 0.0684. The predicted molar refractivity (Wildman–Crippen MR) is 177 cm³/mol. The first-order valence-corrected chi connectivity index (χ1v) is 19.0. The molecular formula is C32H61NO11Si. The van der Waals surface area contributed by atoms with Gasteiger partial charge in [-0.25, -0.2) is 0 Å². The van der Waals surface area contributed by atoms with Crippen molar-refractivity contribution in [2.45, 2.75) is 38.9 Å². The lowest BCUT2D eigenvalue weighted by molar-refractivity contribution is -0.0258. The maximum atomic E-state index is 6.08. The fraction of sp³-hybridized carbons (Fsp3) is 0.812. The van der Waals surface area contributed by atoms with Gasteiger partial charge in [0.05, 0.1) is 131 Å². The summed E-state index contributed by atoms with van der Waals surface area (Å²) in [5.41, 5.74) is 6.44. The van der Waals surface area contributed by atoms with Crippen LogP contribution >= 0.6 is 0 Å². The van der Waals surface area contributed by atoms with Crippen LogP contribution in [-0.2, 0) is 47.1 Å². The first kappa shape index (κ1) is 41.7. The lowest BCUT2D eigenvalue weighted by atomic mass is 10.2. The van der Waals surface area contributed by atoms with Crippen LogP contribution in [0.25, 0.3) is 0 Å². The van der Waals surface area contributed by atoms with Gasteiger partial charge in [0.2, 0.25) is 0 Å². The van der Waals surface area contributed by atoms with Gasteiger partial charge >= 0.3 is 0 Å². The molecule has 0 unspecified atom stereocenters. The summed E-state index contributed by atoms with van der Waals surface area (Å²) in [5, 5.41) is 0.217. The normalized spacial score (nSPS) is 12.2. The van der Waals surface area contributed by atoms with E-state index in [0.717, 1.165) is 0 Å². The molecule has 13 heteroatoms. The van der Waals surface area contributed by atoms with E-state index in [1.165, 1.54) is 0 Å². The molecule has 0 heterocycles. The number of rotatable bonds is 32. The van der Waals surface area contributed by atoms with Crippen LogP contribution < -0.4 is 10.5 Å². The SMILES string of the molecule is CC(C)(C)[Si](C)(C)OCCOCCOCCOCCOCCOCCOCCOCCOCCOCCOc1ccccc1N. The molecule has 12 nitrogen and oxygen atoms in total. The molecule has 0 aliphatic carbocycles. The molecule has 2 N–H and O–H groups in total. The topological polar surface area (TPSA) is 128 Å². The van der Waals surface area contributed by atoms with Crippen molar-refractivity contribution in [1.82, 2.24) is 0 Å². The first-order chi connectivity index (χ1) is 21.7. The van der Waals surface area contributed by atoms with Gasteiger partial charge in [-0.2, -0.15) is 0 Å². The van der Waals surface area contributed by atoms with Gasteiger partial charge in [-0.15, -0.1) is 0 Å². The van der Waals surface area contributed by atoms with Crippen molar-refractivity contribution < 1.29 is 51.8 Å². The highest BCUT2D eigenvalue weighted by Gasteiger charge is 2.36. The predicted octanol–water partition coefficient (Wildman–Crippen LogP) is 3.82. The Labute approximate surface area is 272 Å². The minimum absolute atomic E-state index is 0.217. The Morgan fingerprint density at radius 3 is 1.07 bits per heavy atom. The Balaban J connectivity index is 1.67. The summed E-state index contributed by atoms with van der Waals surface area (Å²) in [7, 11) is -1.70. The van der Waals surface area contributed by atoms with Crippen molar-refractivity contribution in [3.8, 4) is 5.75 Å². The van der Waals surface area contributed by atoms with Crippen LogP contribution in [0.3, 0.4) is 0 Å². The molecule has 1 aromatic carbocycles. The first-order valence-electron chi connectivity index (χ1n) is 16.0. The molecule has 0 atom stereocenters. The Morgan fingerprint density at radius 1 is 0.467 bits per heavy atom. The smallest absolute Gasteiger partial charge is 0.192 e. The molecule has 0 amide bonds. The van der Waals surface area contributed by atoms with Crippen molar-refractivity contribution in [1.29, 1.82) is 0 Å². The number of benzene rings is 1. The molecule has 45 heavy (non-hydrogen) atoms. The third-order valence-electron chi connectivity index (χ3n) is 6.88. The molecule has 0 aromatic heterocycles. The van der Waals surface area contributed by atoms with E-state index in [1.807, 2.05) is 18.2 Å². The zero-order valence-corrected chi connectivity index (χ0v) is 29.5. The Kier molecular flexibility index (Phi) is 25.7. The fourth-order valence-electron chi connectivity index (χ4n) is 3.26. The Hall–Kier alpha value is -1.36. The van der Waals surface area contributed by atoms with Gasteiger partial charge in [0.25, 0.3) is 0 Å². The summed E-state index contributed by atoms with van der Waals surface area (Å²) in [6.45, 7) is 21.6. The second-order valence-corrected chi connectivity index (χ2v) is 16.3. The van der Waals surface area contributed by atoms with E-state index in [-0.39, 0.29) is 5.04 Å². The Bertz CT molecular complexity index is 799. The standard InChI is InChI=1S/C32H61NO11Si/c1-32(2,3)45(4,5)44-29-27-42-25-23-40-21-19-38-17-15-36-13-11-34-10-12-35-14-16-37-18-20-39-22-24-41-26-28-43-31-9-7-6-8-30(31)33/h6-9H,10-29,33H2,1-5H3. The van der Waals surface area contributed by atoms with Crippen molar-refractivity contribution >= 4 is 14.0 Å². The minimum atomic E-state index is -1.70. The second-order valence-electron chi connectivity index (χ2n) is 11.5. The highest BCUT2D eigenvalue weighted by atomic mass is 28.4. The van der Waals surface area contributed by atoms with E-state index < -0.39 is 8.32 Å². The van der Waals surface area contributed by atoms with Crippen LogP contribution in [0.1, 0.15) is 20.8 Å². The number of para-hydroxylation sites is 2. The molecule has 0 bridgehead atoms. The fourth-order valence-corrected chi connectivity index (χ4v) is 4.28. The summed E-state index contributed by atoms with van der Waals surface area (Å²) in [6, 6.07) is 7.39. The van der Waals surface area contributed by atoms with Crippen LogP contribution in [0.4, 0.5) is 5.69 Å². The molecule has 1 aromatic rings. The van der Waals surface area contributed by atoms with E-state index in [9.17, 15) is 0 Å². The summed E-state index contributed by atoms with van der Waals surface area (Å²) in [6.07, 6.45) is 0. The van der Waals surface area contributed by atoms with Crippen LogP contribution in [-0.4, -0.2) is 140 Å². The molecule has 0 aliphatic rings. The average Bonchev–Trinajstić information content (AvgIpc) is 3.00. The maximum absolute atomic E-state index is 6.08. The minimum Gasteiger partial charge on any atom is -0.489 e. The Morgan fingerprint density at radius 2 is 0.756 bits per heavy atom. The van der Waals surface area contributed by atoms with Crippen molar-refractivity contribution in [2.24, 2.45) is 0 Å². The molecule has 0 spiro atoms. The van der Waals surface area contributed by atoms with Crippen LogP contribution in [0.5, 0.6) is 5.75 Å². The molecule has 1 rings (SSSR count). The molecule has 0 saturated carbocycles. The highest BCUT2D eigenvalue weighted by Crippen LogP contribution is 2.36. The number of nitrogen functional groups attached to an aromatic ring is 1. The van der Waals surface area contributed by atoms with Gasteiger partial charge in [0.15, 0.2) is 8.32 Å². The lowest BCUT2D eigenvalue weighted by Crippen LogP contribution is -2.41. The van der Waals surface area contributed by atoms with Crippen LogP contribution in [0, 0.1) is 0 Å². The number of ether oxygens (including phenoxy) is 10. The van der Waals surface area contributed by atoms with Crippen molar-refractivity contribution in [3.05, 3.63) is 24.3 Å². The zero-order valence-electron chi connectivity index (χ0n) is 28.5. The molecule has 0 radical (unpaired) electrons. The van der Waals surface area contributed by atoms with Gasteiger partial charge in [0, 0.05) is 0 Å². The number of anilines is 1. The third-order valence-corrected chi connectivity index (χ3v) is 11.4. The zero-order chi connectivity index (χ0) is 32.9. The monoisotopic (exact) mass is 663 g/mol. The van der Waals surface area contributed by atoms with Gasteiger partial charge in [0.1, 0.15) is 12.4 Å². The molecule has 264 valence electrons. The van der Waals surface area contributed by atoms with E-state index in [4.69, 9.17) is 57.5 Å². The van der Waals surface area contributed by atoms with Crippen molar-refractivity contribution in [2.75, 3.05) is 138 Å². The van der Waals surface area contributed by atoms with Crippen molar-refractivity contribution in [3.63, 3.8) is 0 Å². The largest absolute Gasteiger partial charge is 0.489 e. The number of hydrogen-bond acceptors (Lipinski definition) is 12. The van der Waals surface area contributed by atoms with E-state index in [0.29, 0.717) is 144 Å². The lowest BCUT2D eigenvalue weighted by Gasteiger charge is -2.36. The molecule has 0 aliphatic heterocycles. The number of hydrogen-bond donors (Lipinski definition) is 1. The van der Waals surface area contributed by atoms with E-state index in [2.05, 4.69) is 33.9 Å². The second kappa shape index (κ2) is 27.7. The molecular weight excluding hydrogens is 602 g/mol. The van der Waals surface area contributed by atoms with Gasteiger partial charge in [-0.1, -0.05) is 32.9 Å². The van der Waals surface area contributed by atoms with E-state index >= 15 is 0 Å². The summed E-state index contributed by atoms with van der Waals surface area (Å²) in [5.74, 6) is 0.670. The third kappa shape index (κ3) is 24.5. The molecule has 0 fully saturated rings. The summed E-state index contributed by atoms with van der Waals surface area (Å²) in [4.78, 5) is 0. The highest BCUT2D eigenvalue weighted by molar-refractivity contribution is 6.74. The maximum Gasteiger partial charge on any atom is 0.192 e. The van der Waals surface area contributed by atoms with Gasteiger partial charge in [-0.05, 0) is 30.3 Å². The summed E-state index contributed by atoms with van der Waals surface area (Å²) >= 11 is 0. The summed E-state index contributed by atoms with van der Waals surface area (Å²) < 4.78 is 61.1. The number of nitrogens with two attached hydrogens (primary N) is 1. The van der Waals surface area contributed by atoms with Crippen LogP contribution in [0.15, 0.2) is 24.3 Å².